The van der Waals surface area contributed by atoms with Crippen molar-refractivity contribution in [3.05, 3.63) is 46.3 Å². The molecule has 3 heterocycles. The zero-order chi connectivity index (χ0) is 15.4. The first-order chi connectivity index (χ1) is 10.8. The molecular formula is C16H18N2OS3. The summed E-state index contributed by atoms with van der Waals surface area (Å²) in [6, 6.07) is 8.03. The van der Waals surface area contributed by atoms with Crippen molar-refractivity contribution in [2.45, 2.75) is 16.7 Å². The van der Waals surface area contributed by atoms with Crippen LogP contribution in [0.1, 0.15) is 26.9 Å². The summed E-state index contributed by atoms with van der Waals surface area (Å²) in [5.41, 5.74) is 0.731. The fourth-order valence-electron chi connectivity index (χ4n) is 2.56. The van der Waals surface area contributed by atoms with E-state index >= 15 is 0 Å². The van der Waals surface area contributed by atoms with E-state index in [1.54, 1.807) is 6.20 Å². The molecule has 22 heavy (non-hydrogen) atoms. The van der Waals surface area contributed by atoms with Crippen LogP contribution in [0, 0.1) is 0 Å². The molecule has 0 bridgehead atoms. The van der Waals surface area contributed by atoms with Crippen LogP contribution in [0.3, 0.4) is 0 Å². The number of amides is 1. The van der Waals surface area contributed by atoms with E-state index in [1.165, 1.54) is 16.6 Å². The van der Waals surface area contributed by atoms with Crippen LogP contribution in [-0.2, 0) is 0 Å². The van der Waals surface area contributed by atoms with Crippen LogP contribution < -0.4 is 0 Å². The van der Waals surface area contributed by atoms with Crippen molar-refractivity contribution in [2.75, 3.05) is 25.1 Å². The molecular weight excluding hydrogens is 332 g/mol. The van der Waals surface area contributed by atoms with Crippen molar-refractivity contribution in [1.29, 1.82) is 0 Å². The zero-order valence-corrected chi connectivity index (χ0v) is 14.8. The van der Waals surface area contributed by atoms with E-state index < -0.39 is 0 Å². The molecule has 0 saturated carbocycles. The molecule has 0 radical (unpaired) electrons. The van der Waals surface area contributed by atoms with Crippen molar-refractivity contribution >= 4 is 40.8 Å². The lowest BCUT2D eigenvalue weighted by Gasteiger charge is -2.21. The van der Waals surface area contributed by atoms with E-state index in [2.05, 4.69) is 22.5 Å². The average Bonchev–Trinajstić information content (AvgIpc) is 2.99. The molecule has 0 aliphatic carbocycles. The first-order valence-electron chi connectivity index (χ1n) is 7.23. The van der Waals surface area contributed by atoms with Crippen molar-refractivity contribution in [2.24, 2.45) is 0 Å². The molecule has 1 aliphatic rings. The molecule has 1 fully saturated rings. The Balaban J connectivity index is 1.71. The molecule has 2 aromatic heterocycles. The van der Waals surface area contributed by atoms with Crippen LogP contribution in [-0.4, -0.2) is 40.9 Å². The van der Waals surface area contributed by atoms with Gasteiger partial charge in [-0.05, 0) is 36.3 Å². The molecule has 6 heteroatoms. The third kappa shape index (κ3) is 3.50. The SMILES string of the molecule is CSc1ncccc1C(=O)N1CCS[C@H](c2cccs2)CC1. The van der Waals surface area contributed by atoms with Gasteiger partial charge in [0, 0.05) is 35.2 Å². The lowest BCUT2D eigenvalue weighted by Crippen LogP contribution is -2.33. The number of carbonyl (C=O) groups is 1. The zero-order valence-electron chi connectivity index (χ0n) is 12.4. The molecule has 0 unspecified atom stereocenters. The molecule has 3 rings (SSSR count). The molecule has 116 valence electrons. The normalized spacial score (nSPS) is 19.0. The van der Waals surface area contributed by atoms with Gasteiger partial charge in [0.15, 0.2) is 0 Å². The summed E-state index contributed by atoms with van der Waals surface area (Å²) >= 11 is 5.31. The van der Waals surface area contributed by atoms with Gasteiger partial charge in [-0.1, -0.05) is 6.07 Å². The van der Waals surface area contributed by atoms with E-state index in [0.717, 1.165) is 35.9 Å². The number of pyridine rings is 1. The second-order valence-electron chi connectivity index (χ2n) is 5.02. The number of rotatable bonds is 3. The molecule has 3 nitrogen and oxygen atoms in total. The fourth-order valence-corrected chi connectivity index (χ4v) is 5.34. The van der Waals surface area contributed by atoms with Crippen LogP contribution in [0.15, 0.2) is 40.9 Å². The predicted octanol–water partition coefficient (Wildman–Crippen LogP) is 4.19. The highest BCUT2D eigenvalue weighted by molar-refractivity contribution is 7.99. The maximum Gasteiger partial charge on any atom is 0.256 e. The van der Waals surface area contributed by atoms with E-state index in [1.807, 2.05) is 46.4 Å². The number of hydrogen-bond acceptors (Lipinski definition) is 5. The van der Waals surface area contributed by atoms with Gasteiger partial charge in [0.25, 0.3) is 5.91 Å². The first kappa shape index (κ1) is 15.9. The summed E-state index contributed by atoms with van der Waals surface area (Å²) < 4.78 is 0. The number of aromatic nitrogens is 1. The molecule has 2 aromatic rings. The van der Waals surface area contributed by atoms with Crippen molar-refractivity contribution < 1.29 is 4.79 Å². The summed E-state index contributed by atoms with van der Waals surface area (Å²) in [5.74, 6) is 1.10. The summed E-state index contributed by atoms with van der Waals surface area (Å²) in [5, 5.41) is 3.47. The lowest BCUT2D eigenvalue weighted by molar-refractivity contribution is 0.0762. The minimum absolute atomic E-state index is 0.116. The Hall–Kier alpha value is -0.980. The number of thioether (sulfide) groups is 2. The maximum absolute atomic E-state index is 12.8. The third-order valence-corrected chi connectivity index (χ3v) is 6.84. The van der Waals surface area contributed by atoms with Gasteiger partial charge in [-0.25, -0.2) is 4.98 Å². The summed E-state index contributed by atoms with van der Waals surface area (Å²) in [4.78, 5) is 20.5. The highest BCUT2D eigenvalue weighted by atomic mass is 32.2. The van der Waals surface area contributed by atoms with Gasteiger partial charge in [-0.3, -0.25) is 4.79 Å². The minimum Gasteiger partial charge on any atom is -0.338 e. The summed E-state index contributed by atoms with van der Waals surface area (Å²) in [7, 11) is 0. The Kier molecular flexibility index (Phi) is 5.44. The molecule has 1 aliphatic heterocycles. The third-order valence-electron chi connectivity index (χ3n) is 3.68. The van der Waals surface area contributed by atoms with Gasteiger partial charge < -0.3 is 4.90 Å². The van der Waals surface area contributed by atoms with Gasteiger partial charge in [-0.2, -0.15) is 11.8 Å². The van der Waals surface area contributed by atoms with Crippen LogP contribution in [0.2, 0.25) is 0 Å². The van der Waals surface area contributed by atoms with Crippen molar-refractivity contribution in [3.63, 3.8) is 0 Å². The summed E-state index contributed by atoms with van der Waals surface area (Å²) in [6.45, 7) is 1.63. The van der Waals surface area contributed by atoms with Crippen LogP contribution in [0.5, 0.6) is 0 Å². The summed E-state index contributed by atoms with van der Waals surface area (Å²) in [6.07, 6.45) is 4.73. The number of hydrogen-bond donors (Lipinski definition) is 0. The Labute approximate surface area is 143 Å². The Bertz CT molecular complexity index is 630. The highest BCUT2D eigenvalue weighted by Gasteiger charge is 2.24. The maximum atomic E-state index is 12.8. The quantitative estimate of drug-likeness (QED) is 0.777. The van der Waals surface area contributed by atoms with Crippen LogP contribution in [0.4, 0.5) is 0 Å². The monoisotopic (exact) mass is 350 g/mol. The Morgan fingerprint density at radius 3 is 3.05 bits per heavy atom. The molecule has 1 saturated heterocycles. The van der Waals surface area contributed by atoms with Gasteiger partial charge >= 0.3 is 0 Å². The van der Waals surface area contributed by atoms with Crippen molar-refractivity contribution in [1.82, 2.24) is 9.88 Å². The van der Waals surface area contributed by atoms with Crippen LogP contribution >= 0.6 is 34.9 Å². The minimum atomic E-state index is 0.116. The standard InChI is InChI=1S/C16H18N2OS3/c1-20-15-12(4-2-7-17-15)16(19)18-8-6-14(22-11-9-18)13-5-3-10-21-13/h2-5,7,10,14H,6,8-9,11H2,1H3/t14-/m0/s1. The Morgan fingerprint density at radius 2 is 2.27 bits per heavy atom. The average molecular weight is 351 g/mol. The second-order valence-corrected chi connectivity index (χ2v) is 8.10. The first-order valence-corrected chi connectivity index (χ1v) is 10.4. The van der Waals surface area contributed by atoms with E-state index in [-0.39, 0.29) is 5.91 Å². The number of carbonyl (C=O) groups excluding carboxylic acids is 1. The second kappa shape index (κ2) is 7.53. The van der Waals surface area contributed by atoms with E-state index in [4.69, 9.17) is 0 Å². The topological polar surface area (TPSA) is 33.2 Å². The smallest absolute Gasteiger partial charge is 0.256 e. The number of nitrogens with zero attached hydrogens (tertiary/aromatic N) is 2. The molecule has 1 atom stereocenters. The fraction of sp³-hybridized carbons (Fsp3) is 0.375. The van der Waals surface area contributed by atoms with Gasteiger partial charge in [0.1, 0.15) is 5.03 Å². The molecule has 0 N–H and O–H groups in total. The molecule has 1 amide bonds. The van der Waals surface area contributed by atoms with Crippen molar-refractivity contribution in [3.8, 4) is 0 Å². The van der Waals surface area contributed by atoms with Crippen LogP contribution in [0.25, 0.3) is 0 Å². The molecule has 0 spiro atoms. The largest absolute Gasteiger partial charge is 0.338 e. The Morgan fingerprint density at radius 1 is 1.36 bits per heavy atom. The van der Waals surface area contributed by atoms with E-state index in [0.29, 0.717) is 5.25 Å². The van der Waals surface area contributed by atoms with E-state index in [9.17, 15) is 4.79 Å². The van der Waals surface area contributed by atoms with Gasteiger partial charge in [0.05, 0.1) is 5.56 Å². The highest BCUT2D eigenvalue weighted by Crippen LogP contribution is 2.37. The van der Waals surface area contributed by atoms with Gasteiger partial charge in [0.2, 0.25) is 0 Å². The molecule has 0 aromatic carbocycles. The number of thiophene rings is 1. The predicted molar refractivity (Wildman–Crippen MR) is 96.1 cm³/mol. The van der Waals surface area contributed by atoms with Gasteiger partial charge in [-0.15, -0.1) is 23.1 Å². The lowest BCUT2D eigenvalue weighted by atomic mass is 10.2.